The molecule has 1 aliphatic rings. The van der Waals surface area contributed by atoms with E-state index in [1.165, 1.54) is 0 Å². The second kappa shape index (κ2) is 3.26. The van der Waals surface area contributed by atoms with Gasteiger partial charge in [-0.25, -0.2) is 4.98 Å². The van der Waals surface area contributed by atoms with Crippen molar-refractivity contribution in [1.82, 2.24) is 4.98 Å². The summed E-state index contributed by atoms with van der Waals surface area (Å²) in [4.78, 5) is 3.84. The summed E-state index contributed by atoms with van der Waals surface area (Å²) in [5.41, 5.74) is 4.45. The molecule has 0 saturated heterocycles. The van der Waals surface area contributed by atoms with Crippen LogP contribution in [0, 0.1) is 0 Å². The Morgan fingerprint density at radius 3 is 2.50 bits per heavy atom. The van der Waals surface area contributed by atoms with Gasteiger partial charge < -0.3 is 11.1 Å². The Morgan fingerprint density at radius 1 is 1.38 bits per heavy atom. The van der Waals surface area contributed by atoms with E-state index in [4.69, 9.17) is 5.73 Å². The number of rotatable bonds is 2. The number of nitrogens with one attached hydrogen (secondary N) is 1. The van der Waals surface area contributed by atoms with Crippen LogP contribution >= 0.6 is 0 Å². The van der Waals surface area contributed by atoms with Crippen molar-refractivity contribution in [2.45, 2.75) is 31.5 Å². The third kappa shape index (κ3) is 2.37. The number of halogens is 3. The normalized spacial score (nSPS) is 18.2. The van der Waals surface area contributed by atoms with Gasteiger partial charge in [0.15, 0.2) is 0 Å². The molecule has 1 aromatic rings. The van der Waals surface area contributed by atoms with E-state index in [9.17, 15) is 13.2 Å². The van der Waals surface area contributed by atoms with E-state index < -0.39 is 11.7 Å². The largest absolute Gasteiger partial charge is 0.416 e. The Balaban J connectivity index is 2.29. The van der Waals surface area contributed by atoms with Gasteiger partial charge in [-0.15, -0.1) is 0 Å². The summed E-state index contributed by atoms with van der Waals surface area (Å²) in [6.45, 7) is 1.94. The summed E-state index contributed by atoms with van der Waals surface area (Å²) in [5.74, 6) is 0.0638. The lowest BCUT2D eigenvalue weighted by Crippen LogP contribution is -2.18. The molecule has 0 spiro atoms. The highest BCUT2D eigenvalue weighted by atomic mass is 19.4. The van der Waals surface area contributed by atoms with Crippen molar-refractivity contribution in [2.75, 3.05) is 11.1 Å². The predicted octanol–water partition coefficient (Wildman–Crippen LogP) is 2.65. The molecule has 1 heterocycles. The third-order valence-corrected chi connectivity index (χ3v) is 2.60. The number of alkyl halides is 3. The van der Waals surface area contributed by atoms with Gasteiger partial charge >= 0.3 is 6.18 Å². The minimum atomic E-state index is -4.39. The van der Waals surface area contributed by atoms with Gasteiger partial charge in [-0.2, -0.15) is 13.2 Å². The van der Waals surface area contributed by atoms with E-state index in [1.807, 2.05) is 6.92 Å². The number of aromatic nitrogens is 1. The first-order chi connectivity index (χ1) is 7.28. The van der Waals surface area contributed by atoms with Gasteiger partial charge in [0.2, 0.25) is 0 Å². The van der Waals surface area contributed by atoms with Crippen LogP contribution in [0.3, 0.4) is 0 Å². The zero-order chi connectivity index (χ0) is 12.0. The van der Waals surface area contributed by atoms with Gasteiger partial charge in [0.05, 0.1) is 5.56 Å². The topological polar surface area (TPSA) is 50.9 Å². The SMILES string of the molecule is CC1(Nc2cc(C(F)(F)F)cc(N)n2)CC1. The fraction of sp³-hybridized carbons (Fsp3) is 0.500. The quantitative estimate of drug-likeness (QED) is 0.822. The van der Waals surface area contributed by atoms with Crippen molar-refractivity contribution in [3.8, 4) is 0 Å². The Labute approximate surface area is 90.9 Å². The molecule has 3 N–H and O–H groups in total. The fourth-order valence-electron chi connectivity index (χ4n) is 1.40. The van der Waals surface area contributed by atoms with Crippen molar-refractivity contribution >= 4 is 11.6 Å². The highest BCUT2D eigenvalue weighted by Crippen LogP contribution is 2.39. The zero-order valence-corrected chi connectivity index (χ0v) is 8.73. The van der Waals surface area contributed by atoms with Gasteiger partial charge in [-0.05, 0) is 31.9 Å². The highest BCUT2D eigenvalue weighted by molar-refractivity contribution is 5.49. The highest BCUT2D eigenvalue weighted by Gasteiger charge is 2.38. The van der Waals surface area contributed by atoms with E-state index >= 15 is 0 Å². The maximum absolute atomic E-state index is 12.5. The van der Waals surface area contributed by atoms with Crippen LogP contribution in [0.5, 0.6) is 0 Å². The molecule has 0 amide bonds. The molecule has 88 valence electrons. The molecule has 16 heavy (non-hydrogen) atoms. The van der Waals surface area contributed by atoms with Crippen molar-refractivity contribution < 1.29 is 13.2 Å². The minimum Gasteiger partial charge on any atom is -0.384 e. The van der Waals surface area contributed by atoms with Crippen LogP contribution in [-0.4, -0.2) is 10.5 Å². The van der Waals surface area contributed by atoms with Crippen LogP contribution in [0.2, 0.25) is 0 Å². The lowest BCUT2D eigenvalue weighted by molar-refractivity contribution is -0.137. The molecule has 1 aromatic heterocycles. The van der Waals surface area contributed by atoms with Crippen LogP contribution < -0.4 is 11.1 Å². The second-order valence-electron chi connectivity index (χ2n) is 4.35. The third-order valence-electron chi connectivity index (χ3n) is 2.60. The molecule has 3 nitrogen and oxygen atoms in total. The van der Waals surface area contributed by atoms with E-state index in [0.717, 1.165) is 25.0 Å². The summed E-state index contributed by atoms with van der Waals surface area (Å²) in [7, 11) is 0. The average Bonchev–Trinajstić information content (AvgIpc) is 2.80. The summed E-state index contributed by atoms with van der Waals surface area (Å²) in [6, 6.07) is 1.82. The number of nitrogens with two attached hydrogens (primary N) is 1. The number of nitrogen functional groups attached to an aromatic ring is 1. The molecule has 0 aromatic carbocycles. The van der Waals surface area contributed by atoms with E-state index in [1.54, 1.807) is 0 Å². The molecule has 0 atom stereocenters. The molecule has 0 bridgehead atoms. The Morgan fingerprint density at radius 2 is 2.00 bits per heavy atom. The maximum Gasteiger partial charge on any atom is 0.416 e. The smallest absolute Gasteiger partial charge is 0.384 e. The number of pyridine rings is 1. The van der Waals surface area contributed by atoms with Gasteiger partial charge in [0.1, 0.15) is 11.6 Å². The zero-order valence-electron chi connectivity index (χ0n) is 8.73. The standard InChI is InChI=1S/C10H12F3N3/c1-9(2-3-9)16-8-5-6(10(11,12)13)4-7(14)15-8/h4-5H,2-3H2,1H3,(H3,14,15,16). The molecule has 0 radical (unpaired) electrons. The summed E-state index contributed by atoms with van der Waals surface area (Å²) in [5, 5.41) is 2.95. The molecular formula is C10H12F3N3. The van der Waals surface area contributed by atoms with Gasteiger partial charge in [-0.3, -0.25) is 0 Å². The van der Waals surface area contributed by atoms with E-state index in [-0.39, 0.29) is 17.2 Å². The van der Waals surface area contributed by atoms with Crippen LogP contribution in [0.1, 0.15) is 25.3 Å². The number of hydrogen-bond donors (Lipinski definition) is 2. The predicted molar refractivity (Wildman–Crippen MR) is 54.9 cm³/mol. The van der Waals surface area contributed by atoms with Crippen molar-refractivity contribution in [1.29, 1.82) is 0 Å². The van der Waals surface area contributed by atoms with Crippen LogP contribution in [0.4, 0.5) is 24.8 Å². The summed E-state index contributed by atoms with van der Waals surface area (Å²) >= 11 is 0. The number of hydrogen-bond acceptors (Lipinski definition) is 3. The lowest BCUT2D eigenvalue weighted by Gasteiger charge is -2.14. The average molecular weight is 231 g/mol. The van der Waals surface area contributed by atoms with Gasteiger partial charge in [-0.1, -0.05) is 0 Å². The summed E-state index contributed by atoms with van der Waals surface area (Å²) in [6.07, 6.45) is -2.52. The molecule has 1 fully saturated rings. The van der Waals surface area contributed by atoms with Gasteiger partial charge in [0.25, 0.3) is 0 Å². The second-order valence-corrected chi connectivity index (χ2v) is 4.35. The fourth-order valence-corrected chi connectivity index (χ4v) is 1.40. The minimum absolute atomic E-state index is 0.121. The van der Waals surface area contributed by atoms with Crippen molar-refractivity contribution in [2.24, 2.45) is 0 Å². The van der Waals surface area contributed by atoms with E-state index in [0.29, 0.717) is 0 Å². The van der Waals surface area contributed by atoms with Gasteiger partial charge in [0, 0.05) is 5.54 Å². The first-order valence-electron chi connectivity index (χ1n) is 4.91. The van der Waals surface area contributed by atoms with E-state index in [2.05, 4.69) is 10.3 Å². The first kappa shape index (κ1) is 11.0. The van der Waals surface area contributed by atoms with Crippen molar-refractivity contribution in [3.05, 3.63) is 17.7 Å². The van der Waals surface area contributed by atoms with Crippen molar-refractivity contribution in [3.63, 3.8) is 0 Å². The Kier molecular flexibility index (Phi) is 2.25. The molecule has 1 aliphatic carbocycles. The van der Waals surface area contributed by atoms with Crippen LogP contribution in [0.15, 0.2) is 12.1 Å². The molecule has 2 rings (SSSR count). The molecular weight excluding hydrogens is 219 g/mol. The molecule has 6 heteroatoms. The Bertz CT molecular complexity index is 410. The molecule has 1 saturated carbocycles. The number of anilines is 2. The monoisotopic (exact) mass is 231 g/mol. The first-order valence-corrected chi connectivity index (χ1v) is 4.91. The lowest BCUT2D eigenvalue weighted by atomic mass is 10.2. The van der Waals surface area contributed by atoms with Crippen LogP contribution in [0.25, 0.3) is 0 Å². The van der Waals surface area contributed by atoms with Crippen LogP contribution in [-0.2, 0) is 6.18 Å². The molecule has 0 aliphatic heterocycles. The number of nitrogens with zero attached hydrogens (tertiary/aromatic N) is 1. The maximum atomic E-state index is 12.5. The molecule has 0 unspecified atom stereocenters. The Hall–Kier alpha value is -1.46. The summed E-state index contributed by atoms with van der Waals surface area (Å²) < 4.78 is 37.5.